The molecule has 0 aromatic heterocycles. The Morgan fingerprint density at radius 3 is 2.55 bits per heavy atom. The van der Waals surface area contributed by atoms with Crippen molar-refractivity contribution in [3.63, 3.8) is 0 Å². The Hall–Kier alpha value is -3.21. The molecule has 1 aliphatic rings. The quantitative estimate of drug-likeness (QED) is 0.468. The predicted molar refractivity (Wildman–Crippen MR) is 122 cm³/mol. The Morgan fingerprint density at radius 2 is 1.90 bits per heavy atom. The molecule has 0 unspecified atom stereocenters. The summed E-state index contributed by atoms with van der Waals surface area (Å²) in [6.07, 6.45) is 2.53. The largest absolute Gasteiger partial charge is 0.493 e. The van der Waals surface area contributed by atoms with Gasteiger partial charge in [0, 0.05) is 28.3 Å². The lowest BCUT2D eigenvalue weighted by molar-refractivity contribution is 0.0697. The predicted octanol–water partition coefficient (Wildman–Crippen LogP) is 6.11. The van der Waals surface area contributed by atoms with Crippen LogP contribution in [0.15, 0.2) is 42.5 Å². The number of benzene rings is 3. The van der Waals surface area contributed by atoms with Gasteiger partial charge in [0.05, 0.1) is 19.3 Å². The summed E-state index contributed by atoms with van der Waals surface area (Å²) in [6, 6.07) is 13.2. The van der Waals surface area contributed by atoms with Gasteiger partial charge < -0.3 is 19.3 Å². The smallest absolute Gasteiger partial charge is 0.336 e. The Labute approximate surface area is 182 Å². The van der Waals surface area contributed by atoms with Crippen molar-refractivity contribution in [1.29, 1.82) is 0 Å². The summed E-state index contributed by atoms with van der Waals surface area (Å²) in [5, 5.41) is 11.8. The molecule has 0 amide bonds. The highest BCUT2D eigenvalue weighted by Gasteiger charge is 2.36. The number of fused-ring (bicyclic) bond motifs is 3. The average molecular weight is 421 g/mol. The van der Waals surface area contributed by atoms with E-state index in [0.717, 1.165) is 34.7 Å². The fourth-order valence-corrected chi connectivity index (χ4v) is 4.28. The SMILES string of the molecule is CCCCOc1cc(C(=O)O)c(-c2ccccc2)c2c3c(c(OC)cc12)OC(C)(C)C3. The molecule has 5 nitrogen and oxygen atoms in total. The maximum atomic E-state index is 12.4. The van der Waals surface area contributed by atoms with Crippen LogP contribution in [0.2, 0.25) is 0 Å². The van der Waals surface area contributed by atoms with Gasteiger partial charge in [-0.2, -0.15) is 0 Å². The van der Waals surface area contributed by atoms with E-state index in [4.69, 9.17) is 14.2 Å². The van der Waals surface area contributed by atoms with E-state index in [1.54, 1.807) is 13.2 Å². The third kappa shape index (κ3) is 3.80. The number of carboxylic acids is 1. The summed E-state index contributed by atoms with van der Waals surface area (Å²) >= 11 is 0. The molecule has 0 aliphatic carbocycles. The molecule has 0 fully saturated rings. The van der Waals surface area contributed by atoms with Gasteiger partial charge in [-0.05, 0) is 38.0 Å². The van der Waals surface area contributed by atoms with Crippen LogP contribution >= 0.6 is 0 Å². The molecule has 0 saturated heterocycles. The first kappa shape index (κ1) is 21.0. The molecule has 0 atom stereocenters. The van der Waals surface area contributed by atoms with Gasteiger partial charge in [0.2, 0.25) is 0 Å². The number of unbranched alkanes of at least 4 members (excludes halogenated alkanes) is 1. The number of rotatable bonds is 7. The van der Waals surface area contributed by atoms with Crippen molar-refractivity contribution in [1.82, 2.24) is 0 Å². The fraction of sp³-hybridized carbons (Fsp3) is 0.346. The van der Waals surface area contributed by atoms with Crippen LogP contribution in [0, 0.1) is 0 Å². The van der Waals surface area contributed by atoms with E-state index in [-0.39, 0.29) is 5.56 Å². The highest BCUT2D eigenvalue weighted by atomic mass is 16.5. The molecule has 4 rings (SSSR count). The van der Waals surface area contributed by atoms with E-state index in [2.05, 4.69) is 6.92 Å². The van der Waals surface area contributed by atoms with Gasteiger partial charge in [0.25, 0.3) is 0 Å². The summed E-state index contributed by atoms with van der Waals surface area (Å²) < 4.78 is 18.0. The Bertz CT molecular complexity index is 1130. The fourth-order valence-electron chi connectivity index (χ4n) is 4.28. The lowest BCUT2D eigenvalue weighted by Crippen LogP contribution is -2.24. The van der Waals surface area contributed by atoms with Gasteiger partial charge in [0.15, 0.2) is 11.5 Å². The van der Waals surface area contributed by atoms with Crippen molar-refractivity contribution in [2.24, 2.45) is 0 Å². The summed E-state index contributed by atoms with van der Waals surface area (Å²) in [6.45, 7) is 6.68. The normalized spacial score (nSPS) is 14.2. The zero-order valence-electron chi connectivity index (χ0n) is 18.5. The van der Waals surface area contributed by atoms with Crippen LogP contribution in [0.3, 0.4) is 0 Å². The molecule has 0 saturated carbocycles. The monoisotopic (exact) mass is 420 g/mol. The molecule has 5 heteroatoms. The number of carboxylic acid groups (broad SMARTS) is 1. The first-order chi connectivity index (χ1) is 14.9. The van der Waals surface area contributed by atoms with E-state index in [9.17, 15) is 9.90 Å². The van der Waals surface area contributed by atoms with Crippen molar-refractivity contribution in [3.05, 3.63) is 53.6 Å². The average Bonchev–Trinajstić information content (AvgIpc) is 3.08. The second-order valence-corrected chi connectivity index (χ2v) is 8.52. The van der Waals surface area contributed by atoms with E-state index < -0.39 is 11.6 Å². The van der Waals surface area contributed by atoms with Crippen molar-refractivity contribution < 1.29 is 24.1 Å². The number of ether oxygens (including phenoxy) is 3. The molecule has 0 bridgehead atoms. The third-order valence-corrected chi connectivity index (χ3v) is 5.65. The molecule has 31 heavy (non-hydrogen) atoms. The summed E-state index contributed by atoms with van der Waals surface area (Å²) in [5.41, 5.74) is 2.30. The maximum Gasteiger partial charge on any atom is 0.336 e. The standard InChI is InChI=1S/C26H28O5/c1-5-6-12-30-20-14-18(25(27)28)22(16-10-8-7-9-11-16)23-17(20)13-21(29-4)24-19(23)15-26(2,3)31-24/h7-11,13-14H,5-6,12,15H2,1-4H3,(H,27,28). The topological polar surface area (TPSA) is 65.0 Å². The number of aromatic carboxylic acids is 1. The van der Waals surface area contributed by atoms with Gasteiger partial charge in [-0.3, -0.25) is 0 Å². The number of hydrogen-bond acceptors (Lipinski definition) is 4. The van der Waals surface area contributed by atoms with Crippen molar-refractivity contribution in [3.8, 4) is 28.4 Å². The first-order valence-corrected chi connectivity index (χ1v) is 10.7. The Morgan fingerprint density at radius 1 is 1.16 bits per heavy atom. The van der Waals surface area contributed by atoms with Crippen molar-refractivity contribution in [2.75, 3.05) is 13.7 Å². The van der Waals surface area contributed by atoms with Crippen LogP contribution in [0.1, 0.15) is 49.5 Å². The second-order valence-electron chi connectivity index (χ2n) is 8.52. The van der Waals surface area contributed by atoms with Gasteiger partial charge >= 0.3 is 5.97 Å². The van der Waals surface area contributed by atoms with Gasteiger partial charge in [-0.25, -0.2) is 4.79 Å². The molecule has 1 aliphatic heterocycles. The van der Waals surface area contributed by atoms with Crippen molar-refractivity contribution >= 4 is 16.7 Å². The van der Waals surface area contributed by atoms with Crippen LogP contribution in [-0.4, -0.2) is 30.4 Å². The lowest BCUT2D eigenvalue weighted by Gasteiger charge is -2.19. The van der Waals surface area contributed by atoms with E-state index in [0.29, 0.717) is 35.8 Å². The van der Waals surface area contributed by atoms with Crippen LogP contribution in [0.25, 0.3) is 21.9 Å². The van der Waals surface area contributed by atoms with Crippen molar-refractivity contribution in [2.45, 2.75) is 45.6 Å². The third-order valence-electron chi connectivity index (χ3n) is 5.65. The Kier molecular flexibility index (Phi) is 5.52. The zero-order chi connectivity index (χ0) is 22.2. The highest BCUT2D eigenvalue weighted by molar-refractivity contribution is 6.12. The van der Waals surface area contributed by atoms with Crippen LogP contribution < -0.4 is 14.2 Å². The van der Waals surface area contributed by atoms with E-state index in [1.807, 2.05) is 50.2 Å². The summed E-state index contributed by atoms with van der Waals surface area (Å²) in [5.74, 6) is 0.893. The van der Waals surface area contributed by atoms with Gasteiger partial charge in [-0.1, -0.05) is 43.7 Å². The molecule has 3 aromatic carbocycles. The molecule has 3 aromatic rings. The first-order valence-electron chi connectivity index (χ1n) is 10.7. The van der Waals surface area contributed by atoms with E-state index in [1.165, 1.54) is 0 Å². The number of methoxy groups -OCH3 is 1. The van der Waals surface area contributed by atoms with Crippen LogP contribution in [0.5, 0.6) is 17.2 Å². The molecular weight excluding hydrogens is 392 g/mol. The van der Waals surface area contributed by atoms with Crippen LogP contribution in [-0.2, 0) is 6.42 Å². The second kappa shape index (κ2) is 8.14. The molecule has 1 N–H and O–H groups in total. The summed E-state index contributed by atoms with van der Waals surface area (Å²) in [4.78, 5) is 12.4. The highest BCUT2D eigenvalue weighted by Crippen LogP contribution is 2.51. The molecule has 162 valence electrons. The molecule has 0 radical (unpaired) electrons. The number of carbonyl (C=O) groups is 1. The maximum absolute atomic E-state index is 12.4. The van der Waals surface area contributed by atoms with Gasteiger partial charge in [-0.15, -0.1) is 0 Å². The lowest BCUT2D eigenvalue weighted by atomic mass is 9.87. The number of hydrogen-bond donors (Lipinski definition) is 1. The molecule has 1 heterocycles. The van der Waals surface area contributed by atoms with E-state index >= 15 is 0 Å². The minimum absolute atomic E-state index is 0.224. The summed E-state index contributed by atoms with van der Waals surface area (Å²) in [7, 11) is 1.62. The zero-order valence-corrected chi connectivity index (χ0v) is 18.5. The van der Waals surface area contributed by atoms with Crippen LogP contribution in [0.4, 0.5) is 0 Å². The Balaban J connectivity index is 2.12. The molecule has 0 spiro atoms. The van der Waals surface area contributed by atoms with Gasteiger partial charge in [0.1, 0.15) is 11.4 Å². The molecular formula is C26H28O5. The minimum atomic E-state index is -0.983. The minimum Gasteiger partial charge on any atom is -0.493 e.